The second kappa shape index (κ2) is 12.8. The number of aromatic nitrogens is 2. The van der Waals surface area contributed by atoms with Crippen LogP contribution in [0.3, 0.4) is 0 Å². The van der Waals surface area contributed by atoms with Crippen LogP contribution < -0.4 is 10.1 Å². The van der Waals surface area contributed by atoms with E-state index < -0.39 is 10.0 Å². The number of hydrogen-bond acceptors (Lipinski definition) is 6. The Hall–Kier alpha value is -4.51. The molecule has 45 heavy (non-hydrogen) atoms. The number of nitrogens with one attached hydrogen (secondary N) is 1. The highest BCUT2D eigenvalue weighted by Gasteiger charge is 2.29. The van der Waals surface area contributed by atoms with Crippen molar-refractivity contribution in [2.45, 2.75) is 32.2 Å². The number of benzene rings is 3. The van der Waals surface area contributed by atoms with Gasteiger partial charge in [0.2, 0.25) is 15.9 Å². The Morgan fingerprint density at radius 3 is 2.29 bits per heavy atom. The molecule has 6 rings (SSSR count). The molecule has 0 unspecified atom stereocenters. The Balaban J connectivity index is 1.27. The molecule has 0 radical (unpaired) electrons. The zero-order valence-electron chi connectivity index (χ0n) is 25.7. The normalized spacial score (nSPS) is 14.5. The zero-order chi connectivity index (χ0) is 31.6. The van der Waals surface area contributed by atoms with Crippen molar-refractivity contribution in [1.82, 2.24) is 18.6 Å². The molecule has 0 atom stereocenters. The minimum absolute atomic E-state index is 0.203. The number of aryl methyl sites for hydroxylation is 1. The van der Waals surface area contributed by atoms with E-state index in [-0.39, 0.29) is 10.8 Å². The lowest BCUT2D eigenvalue weighted by Gasteiger charge is -2.34. The Bertz CT molecular complexity index is 1930. The van der Waals surface area contributed by atoms with Crippen molar-refractivity contribution < 1.29 is 17.9 Å². The van der Waals surface area contributed by atoms with E-state index in [4.69, 9.17) is 9.72 Å². The average Bonchev–Trinajstić information content (AvgIpc) is 3.39. The van der Waals surface area contributed by atoms with E-state index in [0.29, 0.717) is 45.0 Å². The number of imidazole rings is 1. The molecule has 2 aromatic heterocycles. The lowest BCUT2D eigenvalue weighted by atomic mass is 10.1. The summed E-state index contributed by atoms with van der Waals surface area (Å²) in [6, 6.07) is 26.9. The Kier molecular flexibility index (Phi) is 8.71. The number of piperazine rings is 1. The highest BCUT2D eigenvalue weighted by Crippen LogP contribution is 2.30. The van der Waals surface area contributed by atoms with Crippen LogP contribution in [0.1, 0.15) is 25.1 Å². The van der Waals surface area contributed by atoms with Gasteiger partial charge < -0.3 is 14.5 Å². The van der Waals surface area contributed by atoms with Crippen molar-refractivity contribution in [3.05, 3.63) is 102 Å². The molecule has 0 saturated carbocycles. The lowest BCUT2D eigenvalue weighted by molar-refractivity contribution is -0.114. The van der Waals surface area contributed by atoms with Crippen LogP contribution in [-0.2, 0) is 21.4 Å². The number of sulfonamides is 1. The number of anilines is 1. The van der Waals surface area contributed by atoms with Crippen LogP contribution in [0.5, 0.6) is 5.75 Å². The number of ether oxygens (including phenoxy) is 1. The van der Waals surface area contributed by atoms with Gasteiger partial charge in [-0.15, -0.1) is 0 Å². The van der Waals surface area contributed by atoms with Crippen molar-refractivity contribution in [3.8, 4) is 28.1 Å². The highest BCUT2D eigenvalue weighted by atomic mass is 32.2. The quantitative estimate of drug-likeness (QED) is 0.222. The molecule has 1 aliphatic rings. The first-order valence-electron chi connectivity index (χ1n) is 15.1. The summed E-state index contributed by atoms with van der Waals surface area (Å²) in [5, 5.41) is 2.67. The van der Waals surface area contributed by atoms with E-state index in [1.54, 1.807) is 24.3 Å². The molecule has 232 valence electrons. The van der Waals surface area contributed by atoms with Crippen LogP contribution in [0, 0.1) is 6.92 Å². The predicted molar refractivity (Wildman–Crippen MR) is 177 cm³/mol. The molecule has 1 saturated heterocycles. The highest BCUT2D eigenvalue weighted by molar-refractivity contribution is 7.89. The fourth-order valence-electron chi connectivity index (χ4n) is 5.69. The molecule has 1 amide bonds. The number of amides is 1. The van der Waals surface area contributed by atoms with Gasteiger partial charge in [-0.2, -0.15) is 4.31 Å². The van der Waals surface area contributed by atoms with Gasteiger partial charge in [0.15, 0.2) is 0 Å². The van der Waals surface area contributed by atoms with E-state index in [9.17, 15) is 13.2 Å². The van der Waals surface area contributed by atoms with Crippen LogP contribution in [0.25, 0.3) is 28.0 Å². The number of hydrogen-bond donors (Lipinski definition) is 1. The maximum Gasteiger partial charge on any atom is 0.243 e. The maximum absolute atomic E-state index is 13.4. The first-order valence-corrected chi connectivity index (χ1v) is 16.6. The summed E-state index contributed by atoms with van der Waals surface area (Å²) in [6.45, 7) is 8.61. The molecule has 10 heteroatoms. The van der Waals surface area contributed by atoms with Gasteiger partial charge in [-0.05, 0) is 73.5 Å². The van der Waals surface area contributed by atoms with E-state index in [2.05, 4.69) is 70.2 Å². The maximum atomic E-state index is 13.4. The molecule has 5 aromatic rings. The summed E-state index contributed by atoms with van der Waals surface area (Å²) in [6.07, 6.45) is 2.13. The Morgan fingerprint density at radius 2 is 1.60 bits per heavy atom. The molecule has 0 bridgehead atoms. The van der Waals surface area contributed by atoms with Crippen molar-refractivity contribution >= 4 is 27.3 Å². The first kappa shape index (κ1) is 30.5. The molecule has 1 fully saturated rings. The van der Waals surface area contributed by atoms with Crippen LogP contribution in [0.2, 0.25) is 0 Å². The third-order valence-corrected chi connectivity index (χ3v) is 9.95. The lowest BCUT2D eigenvalue weighted by Crippen LogP contribution is -2.48. The number of fused-ring (bicyclic) bond motifs is 1. The fourth-order valence-corrected chi connectivity index (χ4v) is 7.11. The summed E-state index contributed by atoms with van der Waals surface area (Å²) in [4.78, 5) is 18.9. The van der Waals surface area contributed by atoms with Gasteiger partial charge in [0.1, 0.15) is 11.4 Å². The van der Waals surface area contributed by atoms with E-state index in [1.165, 1.54) is 16.8 Å². The molecule has 1 aliphatic heterocycles. The van der Waals surface area contributed by atoms with Crippen molar-refractivity contribution in [2.75, 3.05) is 38.1 Å². The zero-order valence-corrected chi connectivity index (χ0v) is 26.5. The number of carbonyl (C=O) groups excluding carboxylic acids is 1. The van der Waals surface area contributed by atoms with Crippen molar-refractivity contribution in [1.29, 1.82) is 0 Å². The summed E-state index contributed by atoms with van der Waals surface area (Å²) in [5.41, 5.74) is 7.74. The molecule has 0 aliphatic carbocycles. The van der Waals surface area contributed by atoms with Gasteiger partial charge in [0, 0.05) is 57.1 Å². The monoisotopic (exact) mass is 623 g/mol. The summed E-state index contributed by atoms with van der Waals surface area (Å²) in [7, 11) is -3.66. The Morgan fingerprint density at radius 1 is 0.889 bits per heavy atom. The van der Waals surface area contributed by atoms with Gasteiger partial charge in [-0.3, -0.25) is 9.69 Å². The average molecular weight is 624 g/mol. The van der Waals surface area contributed by atoms with Crippen LogP contribution >= 0.6 is 0 Å². The van der Waals surface area contributed by atoms with E-state index in [0.717, 1.165) is 39.5 Å². The van der Waals surface area contributed by atoms with Gasteiger partial charge >= 0.3 is 0 Å². The SMILES string of the molecule is CCOc1cccc(-c2ccc3nc(-c4ccc(C)cc4)c(CN4CCN(S(=O)(=O)c5ccc(NC(C)=O)cc5)CC4)n3c2)c1. The van der Waals surface area contributed by atoms with Gasteiger partial charge in [0.05, 0.1) is 22.9 Å². The number of rotatable bonds is 9. The molecule has 0 spiro atoms. The largest absolute Gasteiger partial charge is 0.494 e. The third-order valence-electron chi connectivity index (χ3n) is 8.04. The van der Waals surface area contributed by atoms with Crippen LogP contribution in [0.15, 0.2) is 96.0 Å². The smallest absolute Gasteiger partial charge is 0.243 e. The van der Waals surface area contributed by atoms with Crippen molar-refractivity contribution in [2.24, 2.45) is 0 Å². The molecule has 9 nitrogen and oxygen atoms in total. The van der Waals surface area contributed by atoms with Crippen LogP contribution in [0.4, 0.5) is 5.69 Å². The van der Waals surface area contributed by atoms with E-state index in [1.807, 2.05) is 25.1 Å². The third kappa shape index (κ3) is 6.63. The second-order valence-corrected chi connectivity index (χ2v) is 13.2. The first-order chi connectivity index (χ1) is 21.7. The van der Waals surface area contributed by atoms with E-state index >= 15 is 0 Å². The number of carbonyl (C=O) groups is 1. The standard InChI is InChI=1S/C35H37N5O4S/c1-4-44-31-7-5-6-28(22-31)29-12-17-34-37-35(27-10-8-25(2)9-11-27)33(40(34)23-29)24-38-18-20-39(21-19-38)45(42,43)32-15-13-30(14-16-32)36-26(3)41/h5-17,22-23H,4,18-21,24H2,1-3H3,(H,36,41). The molecule has 3 aromatic carbocycles. The minimum Gasteiger partial charge on any atom is -0.494 e. The number of nitrogens with zero attached hydrogens (tertiary/aromatic N) is 4. The molecule has 1 N–H and O–H groups in total. The topological polar surface area (TPSA) is 96.2 Å². The minimum atomic E-state index is -3.66. The van der Waals surface area contributed by atoms with Crippen molar-refractivity contribution in [3.63, 3.8) is 0 Å². The van der Waals surface area contributed by atoms with Gasteiger partial charge in [-0.1, -0.05) is 42.0 Å². The molecular formula is C35H37N5O4S. The molecular weight excluding hydrogens is 586 g/mol. The van der Waals surface area contributed by atoms with Crippen LogP contribution in [-0.4, -0.2) is 65.7 Å². The predicted octanol–water partition coefficient (Wildman–Crippen LogP) is 5.84. The van der Waals surface area contributed by atoms with Gasteiger partial charge in [-0.25, -0.2) is 13.4 Å². The molecule has 3 heterocycles. The number of pyridine rings is 1. The summed E-state index contributed by atoms with van der Waals surface area (Å²) < 4.78 is 36.3. The van der Waals surface area contributed by atoms with Gasteiger partial charge in [0.25, 0.3) is 0 Å². The fraction of sp³-hybridized carbons (Fsp3) is 0.257. The summed E-state index contributed by atoms with van der Waals surface area (Å²) in [5.74, 6) is 0.628. The Labute approximate surface area is 264 Å². The summed E-state index contributed by atoms with van der Waals surface area (Å²) >= 11 is 0. The second-order valence-electron chi connectivity index (χ2n) is 11.3.